The Morgan fingerprint density at radius 1 is 0.447 bits per heavy atom. The summed E-state index contributed by atoms with van der Waals surface area (Å²) < 4.78 is 0. The van der Waals surface area contributed by atoms with Crippen molar-refractivity contribution in [2.75, 3.05) is 50.8 Å². The van der Waals surface area contributed by atoms with Crippen LogP contribution < -0.4 is 21.3 Å². The number of rotatable bonds is 25. The zero-order chi connectivity index (χ0) is 26.9. The molecule has 0 spiro atoms. The van der Waals surface area contributed by atoms with Crippen molar-refractivity contribution < 1.29 is 0 Å². The average molecular weight is 600 g/mol. The fourth-order valence-electron chi connectivity index (χ4n) is 4.03. The maximum absolute atomic E-state index is 6.18. The van der Waals surface area contributed by atoms with Crippen molar-refractivity contribution >= 4 is 44.8 Å². The van der Waals surface area contributed by atoms with Gasteiger partial charge in [0.15, 0.2) is 0 Å². The fourth-order valence-corrected chi connectivity index (χ4v) is 6.34. The SMILES string of the molecule is Clc1ccccc1CNCCCCCCNCCSSCCNCCCCCCNCc1ccccc1Cl. The maximum atomic E-state index is 6.18. The molecule has 2 aromatic carbocycles. The molecule has 0 aliphatic carbocycles. The van der Waals surface area contributed by atoms with E-state index in [4.69, 9.17) is 23.2 Å². The van der Waals surface area contributed by atoms with Crippen LogP contribution in [0.2, 0.25) is 10.0 Å². The standard InChI is InChI=1S/C30H48Cl2N4S2/c31-29-15-7-5-13-27(29)25-35-19-11-3-1-9-17-33-21-23-37-38-24-22-34-18-10-2-4-12-20-36-26-28-14-6-8-16-30(28)32/h5-8,13-16,33-36H,1-4,9-12,17-26H2. The third kappa shape index (κ3) is 18.0. The largest absolute Gasteiger partial charge is 0.316 e. The Labute approximate surface area is 250 Å². The third-order valence-corrected chi connectivity index (χ3v) is 9.41. The smallest absolute Gasteiger partial charge is 0.0450 e. The molecule has 214 valence electrons. The van der Waals surface area contributed by atoms with Gasteiger partial charge in [0.1, 0.15) is 0 Å². The van der Waals surface area contributed by atoms with E-state index in [0.717, 1.165) is 62.4 Å². The highest BCUT2D eigenvalue weighted by Gasteiger charge is 1.99. The molecule has 0 fully saturated rings. The number of unbranched alkanes of at least 4 members (excludes halogenated alkanes) is 6. The van der Waals surface area contributed by atoms with E-state index in [0.29, 0.717) is 0 Å². The second-order valence-electron chi connectivity index (χ2n) is 9.51. The average Bonchev–Trinajstić information content (AvgIpc) is 2.93. The van der Waals surface area contributed by atoms with Gasteiger partial charge in [0.2, 0.25) is 0 Å². The zero-order valence-electron chi connectivity index (χ0n) is 22.9. The first-order valence-corrected chi connectivity index (χ1v) is 17.6. The van der Waals surface area contributed by atoms with Crippen LogP contribution in [0.25, 0.3) is 0 Å². The fraction of sp³-hybridized carbons (Fsp3) is 0.600. The highest BCUT2D eigenvalue weighted by Crippen LogP contribution is 2.19. The predicted octanol–water partition coefficient (Wildman–Crippen LogP) is 7.55. The van der Waals surface area contributed by atoms with Gasteiger partial charge in [0, 0.05) is 47.7 Å². The summed E-state index contributed by atoms with van der Waals surface area (Å²) in [5.74, 6) is 2.36. The van der Waals surface area contributed by atoms with Crippen molar-refractivity contribution in [1.82, 2.24) is 21.3 Å². The van der Waals surface area contributed by atoms with Gasteiger partial charge in [-0.15, -0.1) is 0 Å². The zero-order valence-corrected chi connectivity index (χ0v) is 26.1. The van der Waals surface area contributed by atoms with Gasteiger partial charge < -0.3 is 21.3 Å². The van der Waals surface area contributed by atoms with Gasteiger partial charge in [-0.05, 0) is 75.1 Å². The molecular formula is C30H48Cl2N4S2. The van der Waals surface area contributed by atoms with Crippen LogP contribution >= 0.6 is 44.8 Å². The van der Waals surface area contributed by atoms with E-state index >= 15 is 0 Å². The Morgan fingerprint density at radius 2 is 0.816 bits per heavy atom. The lowest BCUT2D eigenvalue weighted by Gasteiger charge is -2.08. The summed E-state index contributed by atoms with van der Waals surface area (Å²) in [6.07, 6.45) is 10.2. The van der Waals surface area contributed by atoms with Gasteiger partial charge >= 0.3 is 0 Å². The minimum Gasteiger partial charge on any atom is -0.316 e. The Balaban J connectivity index is 1.20. The molecule has 0 saturated carbocycles. The monoisotopic (exact) mass is 598 g/mol. The molecule has 8 heteroatoms. The molecule has 0 aromatic heterocycles. The number of benzene rings is 2. The molecule has 4 N–H and O–H groups in total. The highest BCUT2D eigenvalue weighted by atomic mass is 35.5. The molecule has 0 amide bonds. The van der Waals surface area contributed by atoms with Crippen molar-refractivity contribution in [2.45, 2.75) is 64.5 Å². The molecule has 0 radical (unpaired) electrons. The topological polar surface area (TPSA) is 48.1 Å². The van der Waals surface area contributed by atoms with Crippen LogP contribution in [0.4, 0.5) is 0 Å². The maximum Gasteiger partial charge on any atom is 0.0450 e. The van der Waals surface area contributed by atoms with E-state index in [1.165, 1.54) is 74.0 Å². The van der Waals surface area contributed by atoms with Gasteiger partial charge in [-0.2, -0.15) is 0 Å². The van der Waals surface area contributed by atoms with Crippen molar-refractivity contribution in [3.8, 4) is 0 Å². The van der Waals surface area contributed by atoms with Crippen LogP contribution in [0.1, 0.15) is 62.5 Å². The first-order valence-electron chi connectivity index (χ1n) is 14.3. The second-order valence-corrected chi connectivity index (χ2v) is 13.0. The molecule has 2 rings (SSSR count). The third-order valence-electron chi connectivity index (χ3n) is 6.27. The van der Waals surface area contributed by atoms with Crippen LogP contribution in [0.3, 0.4) is 0 Å². The lowest BCUT2D eigenvalue weighted by molar-refractivity contribution is 0.569. The quantitative estimate of drug-likeness (QED) is 0.0699. The molecule has 38 heavy (non-hydrogen) atoms. The summed E-state index contributed by atoms with van der Waals surface area (Å²) in [5.41, 5.74) is 2.37. The van der Waals surface area contributed by atoms with E-state index in [1.54, 1.807) is 0 Å². The predicted molar refractivity (Wildman–Crippen MR) is 174 cm³/mol. The molecule has 0 atom stereocenters. The summed E-state index contributed by atoms with van der Waals surface area (Å²) in [5, 5.41) is 15.9. The van der Waals surface area contributed by atoms with E-state index < -0.39 is 0 Å². The Hall–Kier alpha value is -0.440. The van der Waals surface area contributed by atoms with Crippen LogP contribution in [0, 0.1) is 0 Å². The second kappa shape index (κ2) is 24.4. The van der Waals surface area contributed by atoms with E-state index in [-0.39, 0.29) is 0 Å². The summed E-state index contributed by atoms with van der Waals surface area (Å²) in [6.45, 7) is 8.33. The molecular weight excluding hydrogens is 551 g/mol. The van der Waals surface area contributed by atoms with Gasteiger partial charge in [-0.1, -0.05) is 107 Å². The van der Waals surface area contributed by atoms with Crippen molar-refractivity contribution in [3.63, 3.8) is 0 Å². The first-order chi connectivity index (χ1) is 18.8. The van der Waals surface area contributed by atoms with Crippen molar-refractivity contribution in [1.29, 1.82) is 0 Å². The lowest BCUT2D eigenvalue weighted by atomic mass is 10.2. The van der Waals surface area contributed by atoms with E-state index in [2.05, 4.69) is 33.4 Å². The lowest BCUT2D eigenvalue weighted by Crippen LogP contribution is -2.19. The van der Waals surface area contributed by atoms with Gasteiger partial charge in [-0.25, -0.2) is 0 Å². The van der Waals surface area contributed by atoms with E-state index in [9.17, 15) is 0 Å². The number of hydrogen-bond acceptors (Lipinski definition) is 6. The Bertz CT molecular complexity index is 761. The highest BCUT2D eigenvalue weighted by molar-refractivity contribution is 8.76. The van der Waals surface area contributed by atoms with Crippen LogP contribution in [-0.2, 0) is 13.1 Å². The Kier molecular flexibility index (Phi) is 21.6. The van der Waals surface area contributed by atoms with Gasteiger partial charge in [0.05, 0.1) is 0 Å². The van der Waals surface area contributed by atoms with Crippen molar-refractivity contribution in [2.24, 2.45) is 0 Å². The number of hydrogen-bond donors (Lipinski definition) is 4. The molecule has 0 aliphatic rings. The summed E-state index contributed by atoms with van der Waals surface area (Å²) >= 11 is 12.4. The summed E-state index contributed by atoms with van der Waals surface area (Å²) in [7, 11) is 3.98. The molecule has 0 heterocycles. The molecule has 0 saturated heterocycles. The normalized spacial score (nSPS) is 11.3. The molecule has 0 bridgehead atoms. The molecule has 2 aromatic rings. The van der Waals surface area contributed by atoms with E-state index in [1.807, 2.05) is 58.0 Å². The minimum atomic E-state index is 0.854. The number of nitrogens with one attached hydrogen (secondary N) is 4. The first kappa shape index (κ1) is 33.8. The number of halogens is 2. The molecule has 0 unspecified atom stereocenters. The van der Waals surface area contributed by atoms with Gasteiger partial charge in [0.25, 0.3) is 0 Å². The van der Waals surface area contributed by atoms with Gasteiger partial charge in [-0.3, -0.25) is 0 Å². The molecule has 4 nitrogen and oxygen atoms in total. The van der Waals surface area contributed by atoms with Crippen LogP contribution in [0.5, 0.6) is 0 Å². The van der Waals surface area contributed by atoms with Crippen molar-refractivity contribution in [3.05, 3.63) is 69.7 Å². The summed E-state index contributed by atoms with van der Waals surface area (Å²) in [6, 6.07) is 16.1. The molecule has 0 aliphatic heterocycles. The summed E-state index contributed by atoms with van der Waals surface area (Å²) in [4.78, 5) is 0. The Morgan fingerprint density at radius 3 is 1.21 bits per heavy atom. The van der Waals surface area contributed by atoms with Crippen LogP contribution in [0.15, 0.2) is 48.5 Å². The minimum absolute atomic E-state index is 0.854. The van der Waals surface area contributed by atoms with Crippen LogP contribution in [-0.4, -0.2) is 50.8 Å².